The monoisotopic (exact) mass is 468 g/mol. The van der Waals surface area contributed by atoms with Crippen molar-refractivity contribution in [2.45, 2.75) is 32.2 Å². The number of amidine groups is 1. The lowest BCUT2D eigenvalue weighted by atomic mass is 9.95. The number of aromatic nitrogens is 2. The fourth-order valence-electron chi connectivity index (χ4n) is 4.27. The third-order valence-corrected chi connectivity index (χ3v) is 6.18. The number of hydrogen-bond acceptors (Lipinski definition) is 7. The summed E-state index contributed by atoms with van der Waals surface area (Å²) in [6.07, 6.45) is 5.89. The van der Waals surface area contributed by atoms with E-state index < -0.39 is 0 Å². The molecule has 1 aromatic carbocycles. The minimum Gasteiger partial charge on any atom is -0.404 e. The van der Waals surface area contributed by atoms with Gasteiger partial charge in [-0.25, -0.2) is 9.37 Å². The molecule has 1 saturated heterocycles. The molecule has 1 aromatic heterocycles. The summed E-state index contributed by atoms with van der Waals surface area (Å²) < 4.78 is 15.7. The number of hydrogen-bond donors (Lipinski definition) is 5. The first-order valence-corrected chi connectivity index (χ1v) is 11.2. The summed E-state index contributed by atoms with van der Waals surface area (Å²) >= 11 is 0. The number of likely N-dealkylation sites (tertiary alicyclic amines) is 1. The molecule has 2 heterocycles. The highest BCUT2D eigenvalue weighted by Crippen LogP contribution is 2.32. The summed E-state index contributed by atoms with van der Waals surface area (Å²) in [5.41, 5.74) is 21.2. The van der Waals surface area contributed by atoms with Gasteiger partial charge in [-0.1, -0.05) is 0 Å². The van der Waals surface area contributed by atoms with Gasteiger partial charge in [0.15, 0.2) is 0 Å². The van der Waals surface area contributed by atoms with Crippen LogP contribution in [0.3, 0.4) is 0 Å². The number of imidazole rings is 1. The number of aliphatic hydroxyl groups excluding tert-OH is 1. The predicted molar refractivity (Wildman–Crippen MR) is 133 cm³/mol. The largest absolute Gasteiger partial charge is 0.404 e. The summed E-state index contributed by atoms with van der Waals surface area (Å²) in [5, 5.41) is 17.2. The number of aliphatic imine (C=N–C) groups is 1. The number of nitrogens with two attached hydrogens (primary N) is 3. The van der Waals surface area contributed by atoms with Crippen molar-refractivity contribution in [2.24, 2.45) is 22.2 Å². The number of piperidine rings is 1. The molecule has 10 heteroatoms. The van der Waals surface area contributed by atoms with Crippen molar-refractivity contribution in [2.75, 3.05) is 26.7 Å². The molecule has 0 saturated carbocycles. The van der Waals surface area contributed by atoms with Gasteiger partial charge in [0.1, 0.15) is 23.3 Å². The van der Waals surface area contributed by atoms with E-state index in [0.29, 0.717) is 42.2 Å². The second-order valence-corrected chi connectivity index (χ2v) is 8.26. The van der Waals surface area contributed by atoms with E-state index in [1.54, 1.807) is 26.1 Å². The molecule has 34 heavy (non-hydrogen) atoms. The smallest absolute Gasteiger partial charge is 0.129 e. The quantitative estimate of drug-likeness (QED) is 0.226. The normalized spacial score (nSPS) is 16.5. The Morgan fingerprint density at radius 1 is 1.32 bits per heavy atom. The van der Waals surface area contributed by atoms with Gasteiger partial charge in [-0.15, -0.1) is 0 Å². The number of rotatable bonds is 8. The Bertz CT molecular complexity index is 1130. The Morgan fingerprint density at radius 2 is 2.03 bits per heavy atom. The minimum absolute atomic E-state index is 0.00338. The molecule has 1 fully saturated rings. The molecule has 1 aliphatic heterocycles. The second kappa shape index (κ2) is 11.0. The zero-order valence-electron chi connectivity index (χ0n) is 19.6. The fourth-order valence-corrected chi connectivity index (χ4v) is 4.27. The van der Waals surface area contributed by atoms with Crippen LogP contribution in [0.2, 0.25) is 0 Å². The Morgan fingerprint density at radius 3 is 2.59 bits per heavy atom. The molecule has 0 atom stereocenters. The van der Waals surface area contributed by atoms with Crippen LogP contribution in [0.25, 0.3) is 11.3 Å². The Labute approximate surface area is 199 Å². The zero-order chi connectivity index (χ0) is 24.8. The molecule has 9 nitrogen and oxygen atoms in total. The molecule has 0 unspecified atom stereocenters. The van der Waals surface area contributed by atoms with Crippen LogP contribution in [-0.2, 0) is 6.54 Å². The van der Waals surface area contributed by atoms with Gasteiger partial charge in [0.2, 0.25) is 0 Å². The van der Waals surface area contributed by atoms with Crippen molar-refractivity contribution in [3.05, 3.63) is 64.8 Å². The van der Waals surface area contributed by atoms with Gasteiger partial charge in [-0.3, -0.25) is 4.99 Å². The van der Waals surface area contributed by atoms with E-state index in [0.717, 1.165) is 36.1 Å². The van der Waals surface area contributed by atoms with E-state index in [2.05, 4.69) is 4.99 Å². The third kappa shape index (κ3) is 5.12. The van der Waals surface area contributed by atoms with Crippen molar-refractivity contribution in [3.8, 4) is 11.3 Å². The first-order valence-electron chi connectivity index (χ1n) is 11.2. The highest BCUT2D eigenvalue weighted by molar-refractivity contribution is 6.08. The van der Waals surface area contributed by atoms with Crippen LogP contribution in [0.15, 0.2) is 52.6 Å². The van der Waals surface area contributed by atoms with Crippen LogP contribution in [0.1, 0.15) is 30.1 Å². The standard InChI is InChI=1S/C24H33FN8O/c1-15-11-17(3-4-19(15)25)20-14-33(9-10-34)24(31-20)16-5-7-32(8-6-16)23(29)21(22(28)30-2)18(12-26)13-27/h3-4,11-14,16,26,34H,5-10,27,29H2,1-2H3,(H2,28,30)/b18-13+,23-21?,26-12?. The molecule has 0 bridgehead atoms. The number of nitrogens with one attached hydrogen (secondary N) is 1. The number of aliphatic hydroxyl groups is 1. The summed E-state index contributed by atoms with van der Waals surface area (Å²) in [7, 11) is 1.56. The van der Waals surface area contributed by atoms with E-state index in [4.69, 9.17) is 27.6 Å². The zero-order valence-corrected chi connectivity index (χ0v) is 19.6. The Hall–Kier alpha value is -3.66. The Kier molecular flexibility index (Phi) is 8.06. The molecule has 0 aliphatic carbocycles. The first kappa shape index (κ1) is 25.0. The third-order valence-electron chi connectivity index (χ3n) is 6.18. The van der Waals surface area contributed by atoms with Gasteiger partial charge >= 0.3 is 0 Å². The summed E-state index contributed by atoms with van der Waals surface area (Å²) in [6, 6.07) is 4.95. The maximum atomic E-state index is 13.7. The topological polar surface area (TPSA) is 156 Å². The van der Waals surface area contributed by atoms with E-state index in [-0.39, 0.29) is 24.2 Å². The summed E-state index contributed by atoms with van der Waals surface area (Å²) in [6.45, 7) is 3.47. The van der Waals surface area contributed by atoms with Crippen LogP contribution in [0.4, 0.5) is 4.39 Å². The molecule has 0 amide bonds. The van der Waals surface area contributed by atoms with E-state index in [9.17, 15) is 9.50 Å². The summed E-state index contributed by atoms with van der Waals surface area (Å²) in [4.78, 5) is 10.9. The van der Waals surface area contributed by atoms with Gasteiger partial charge in [-0.05, 0) is 43.5 Å². The van der Waals surface area contributed by atoms with Crippen LogP contribution >= 0.6 is 0 Å². The van der Waals surface area contributed by atoms with Crippen LogP contribution < -0.4 is 17.2 Å². The van der Waals surface area contributed by atoms with E-state index >= 15 is 0 Å². The van der Waals surface area contributed by atoms with Crippen molar-refractivity contribution < 1.29 is 9.50 Å². The van der Waals surface area contributed by atoms with Crippen molar-refractivity contribution >= 4 is 12.1 Å². The van der Waals surface area contributed by atoms with Gasteiger partial charge < -0.3 is 37.2 Å². The second-order valence-electron chi connectivity index (χ2n) is 8.26. The van der Waals surface area contributed by atoms with Gasteiger partial charge in [0.25, 0.3) is 0 Å². The average Bonchev–Trinajstić information content (AvgIpc) is 3.27. The lowest BCUT2D eigenvalue weighted by Crippen LogP contribution is -2.39. The number of nitrogens with zero attached hydrogens (tertiary/aromatic N) is 4. The van der Waals surface area contributed by atoms with Crippen LogP contribution in [0.5, 0.6) is 0 Å². The lowest BCUT2D eigenvalue weighted by Gasteiger charge is -2.34. The van der Waals surface area contributed by atoms with E-state index in [1.807, 2.05) is 15.7 Å². The SMILES string of the molecule is CN=C(N)C(=C(N)N1CCC(c2nc(-c3ccc(F)c(C)c3)cn2CCO)CC1)/C(C=N)=C/N. The maximum absolute atomic E-state index is 13.7. The first-order chi connectivity index (χ1) is 16.3. The molecule has 182 valence electrons. The van der Waals surface area contributed by atoms with Gasteiger partial charge in [0, 0.05) is 62.3 Å². The number of halogens is 1. The molecular formula is C24H33FN8O. The highest BCUT2D eigenvalue weighted by atomic mass is 19.1. The Balaban J connectivity index is 1.86. The van der Waals surface area contributed by atoms with Gasteiger partial charge in [-0.2, -0.15) is 0 Å². The molecule has 2 aromatic rings. The molecule has 0 radical (unpaired) electrons. The molecule has 0 spiro atoms. The minimum atomic E-state index is -0.249. The van der Waals surface area contributed by atoms with Crippen molar-refractivity contribution in [1.82, 2.24) is 14.5 Å². The predicted octanol–water partition coefficient (Wildman–Crippen LogP) is 1.82. The van der Waals surface area contributed by atoms with Crippen molar-refractivity contribution in [3.63, 3.8) is 0 Å². The molecule has 8 N–H and O–H groups in total. The van der Waals surface area contributed by atoms with E-state index in [1.165, 1.54) is 12.3 Å². The van der Waals surface area contributed by atoms with Crippen LogP contribution in [-0.4, -0.2) is 58.4 Å². The van der Waals surface area contributed by atoms with Crippen molar-refractivity contribution in [1.29, 1.82) is 5.41 Å². The fraction of sp³-hybridized carbons (Fsp3) is 0.375. The number of aryl methyl sites for hydroxylation is 1. The maximum Gasteiger partial charge on any atom is 0.129 e. The molecular weight excluding hydrogens is 435 g/mol. The molecule has 3 rings (SSSR count). The highest BCUT2D eigenvalue weighted by Gasteiger charge is 2.27. The number of benzene rings is 1. The molecule has 1 aliphatic rings. The van der Waals surface area contributed by atoms with Gasteiger partial charge in [0.05, 0.1) is 17.9 Å². The van der Waals surface area contributed by atoms with Crippen LogP contribution in [0, 0.1) is 18.2 Å². The average molecular weight is 469 g/mol. The lowest BCUT2D eigenvalue weighted by molar-refractivity contribution is 0.245. The summed E-state index contributed by atoms with van der Waals surface area (Å²) in [5.74, 6) is 1.46.